The van der Waals surface area contributed by atoms with Crippen molar-refractivity contribution in [3.63, 3.8) is 0 Å². The summed E-state index contributed by atoms with van der Waals surface area (Å²) in [6.45, 7) is 0. The first-order valence-electron chi connectivity index (χ1n) is 14.4. The lowest BCUT2D eigenvalue weighted by molar-refractivity contribution is 0.730. The molecule has 0 spiro atoms. The average molecular weight is 489 g/mol. The second kappa shape index (κ2) is 8.84. The Hall–Kier alpha value is -3.90. The molecule has 0 saturated carbocycles. The minimum absolute atomic E-state index is 0.339. The first-order valence-corrected chi connectivity index (χ1v) is 14.4. The molecule has 0 saturated heterocycles. The quantitative estimate of drug-likeness (QED) is 0.404. The maximum absolute atomic E-state index is 2.67. The third-order valence-corrected chi connectivity index (χ3v) is 9.27. The number of aryl methyl sites for hydroxylation is 1. The predicted molar refractivity (Wildman–Crippen MR) is 162 cm³/mol. The van der Waals surface area contributed by atoms with Crippen molar-refractivity contribution in [1.29, 1.82) is 0 Å². The van der Waals surface area contributed by atoms with Crippen LogP contribution in [0.3, 0.4) is 0 Å². The van der Waals surface area contributed by atoms with E-state index >= 15 is 0 Å². The number of hydrogen-bond acceptors (Lipinski definition) is 0. The van der Waals surface area contributed by atoms with Gasteiger partial charge in [-0.15, -0.1) is 0 Å². The van der Waals surface area contributed by atoms with E-state index in [4.69, 9.17) is 0 Å². The Labute approximate surface area is 224 Å². The van der Waals surface area contributed by atoms with Crippen LogP contribution in [-0.2, 0) is 6.42 Å². The van der Waals surface area contributed by atoms with E-state index in [0.29, 0.717) is 11.8 Å². The number of fused-ring (bicyclic) bond motifs is 8. The monoisotopic (exact) mass is 488 g/mol. The van der Waals surface area contributed by atoms with Crippen LogP contribution in [0.15, 0.2) is 102 Å². The molecule has 0 heteroatoms. The Bertz CT molecular complexity index is 1920. The van der Waals surface area contributed by atoms with Crippen LogP contribution >= 0.6 is 0 Å². The van der Waals surface area contributed by atoms with Crippen LogP contribution in [0.4, 0.5) is 0 Å². The summed E-state index contributed by atoms with van der Waals surface area (Å²) in [6.07, 6.45) is 30.8. The van der Waals surface area contributed by atoms with Crippen molar-refractivity contribution in [3.05, 3.63) is 134 Å². The zero-order valence-corrected chi connectivity index (χ0v) is 21.8. The molecule has 3 aromatic rings. The van der Waals surface area contributed by atoms with Gasteiger partial charge in [-0.1, -0.05) is 109 Å². The van der Waals surface area contributed by atoms with Gasteiger partial charge in [0.05, 0.1) is 0 Å². The largest absolute Gasteiger partial charge is 0.0842 e. The van der Waals surface area contributed by atoms with Crippen LogP contribution in [0.1, 0.15) is 43.2 Å². The molecule has 0 N–H and O–H groups in total. The summed E-state index contributed by atoms with van der Waals surface area (Å²) in [5.41, 5.74) is 9.12. The Morgan fingerprint density at radius 3 is 1.76 bits per heavy atom. The minimum Gasteiger partial charge on any atom is -0.0842 e. The van der Waals surface area contributed by atoms with E-state index in [9.17, 15) is 0 Å². The van der Waals surface area contributed by atoms with Gasteiger partial charge in [0, 0.05) is 11.8 Å². The molecule has 184 valence electrons. The van der Waals surface area contributed by atoms with Crippen molar-refractivity contribution in [3.8, 4) is 0 Å². The van der Waals surface area contributed by atoms with E-state index in [1.807, 2.05) is 0 Å². The fourth-order valence-electron chi connectivity index (χ4n) is 7.66. The van der Waals surface area contributed by atoms with Gasteiger partial charge in [-0.3, -0.25) is 0 Å². The minimum atomic E-state index is 0.339. The van der Waals surface area contributed by atoms with E-state index < -0.39 is 0 Å². The van der Waals surface area contributed by atoms with Crippen LogP contribution < -0.4 is 20.9 Å². The highest BCUT2D eigenvalue weighted by molar-refractivity contribution is 5.94. The Morgan fingerprint density at radius 1 is 0.553 bits per heavy atom. The smallest absolute Gasteiger partial charge is 0.0140 e. The number of allylic oxidation sites excluding steroid dienone is 9. The molecule has 0 amide bonds. The third kappa shape index (κ3) is 3.29. The molecule has 0 radical (unpaired) electrons. The lowest BCUT2D eigenvalue weighted by Crippen LogP contribution is -2.45. The second-order valence-corrected chi connectivity index (χ2v) is 11.3. The second-order valence-electron chi connectivity index (χ2n) is 11.3. The number of rotatable bonds is 2. The van der Waals surface area contributed by atoms with Crippen molar-refractivity contribution in [2.24, 2.45) is 11.8 Å². The van der Waals surface area contributed by atoms with Crippen molar-refractivity contribution < 1.29 is 0 Å². The van der Waals surface area contributed by atoms with Gasteiger partial charge in [0.15, 0.2) is 0 Å². The summed E-state index contributed by atoms with van der Waals surface area (Å²) in [6, 6.07) is 18.4. The third-order valence-electron chi connectivity index (χ3n) is 9.27. The molecule has 0 nitrogen and oxygen atoms in total. The van der Waals surface area contributed by atoms with Gasteiger partial charge in [0.25, 0.3) is 0 Å². The van der Waals surface area contributed by atoms with E-state index in [-0.39, 0.29) is 0 Å². The fraction of sp³-hybridized carbons (Fsp3) is 0.211. The highest BCUT2D eigenvalue weighted by Crippen LogP contribution is 2.43. The van der Waals surface area contributed by atoms with Crippen molar-refractivity contribution in [2.45, 2.75) is 38.5 Å². The van der Waals surface area contributed by atoms with Gasteiger partial charge in [-0.25, -0.2) is 0 Å². The van der Waals surface area contributed by atoms with E-state index in [1.54, 1.807) is 11.1 Å². The first kappa shape index (κ1) is 22.1. The maximum Gasteiger partial charge on any atom is 0.0140 e. The summed E-state index contributed by atoms with van der Waals surface area (Å²) in [7, 11) is 0. The van der Waals surface area contributed by atoms with Crippen LogP contribution in [0, 0.1) is 11.8 Å². The SMILES string of the molecule is C1=CCCC(C2=c3ccccc3=C(C3=CC=CCC3)C3C=c4c(c5c(c6ccccc46)CCC=C5)=CC23)=C1. The summed E-state index contributed by atoms with van der Waals surface area (Å²) >= 11 is 0. The van der Waals surface area contributed by atoms with Gasteiger partial charge in [0.1, 0.15) is 0 Å². The molecule has 5 aliphatic carbocycles. The number of hydrogen-bond donors (Lipinski definition) is 0. The summed E-state index contributed by atoms with van der Waals surface area (Å²) in [5.74, 6) is 0.684. The molecule has 0 heterocycles. The van der Waals surface area contributed by atoms with Crippen molar-refractivity contribution in [2.75, 3.05) is 0 Å². The predicted octanol–water partition coefficient (Wildman–Crippen LogP) is 6.17. The van der Waals surface area contributed by atoms with Crippen molar-refractivity contribution in [1.82, 2.24) is 0 Å². The molecule has 8 rings (SSSR count). The molecule has 5 aliphatic rings. The van der Waals surface area contributed by atoms with E-state index in [0.717, 1.165) is 38.5 Å². The first-order chi connectivity index (χ1) is 18.9. The van der Waals surface area contributed by atoms with Gasteiger partial charge in [-0.05, 0) is 104 Å². The van der Waals surface area contributed by atoms with Crippen LogP contribution in [-0.4, -0.2) is 0 Å². The summed E-state index contributed by atoms with van der Waals surface area (Å²) < 4.78 is 0. The Morgan fingerprint density at radius 2 is 1.13 bits per heavy atom. The van der Waals surface area contributed by atoms with Gasteiger partial charge in [0.2, 0.25) is 0 Å². The van der Waals surface area contributed by atoms with Gasteiger partial charge >= 0.3 is 0 Å². The molecule has 0 fully saturated rings. The molecular weight excluding hydrogens is 456 g/mol. The molecule has 2 unspecified atom stereocenters. The molecule has 0 aliphatic heterocycles. The Kier molecular flexibility index (Phi) is 5.15. The van der Waals surface area contributed by atoms with Crippen molar-refractivity contribution >= 4 is 40.1 Å². The summed E-state index contributed by atoms with van der Waals surface area (Å²) in [4.78, 5) is 0. The highest BCUT2D eigenvalue weighted by atomic mass is 14.4. The molecule has 38 heavy (non-hydrogen) atoms. The topological polar surface area (TPSA) is 0 Å². The van der Waals surface area contributed by atoms with Crippen LogP contribution in [0.2, 0.25) is 0 Å². The zero-order valence-electron chi connectivity index (χ0n) is 21.8. The standard InChI is InChI=1S/C38H32/c1-3-13-25(14-4-1)37-31-21-11-12-22-32(31)38(26-15-5-2-6-16-26)36-24-34-30-20-10-8-18-28(30)27-17-7-9-19-29(27)33(34)23-35(36)37/h1-3,5,7,9-13,15,17,19-24,35-36H,4,6,8,14,16,18H2. The number of benzene rings is 3. The van der Waals surface area contributed by atoms with E-state index in [1.165, 1.54) is 53.9 Å². The van der Waals surface area contributed by atoms with Crippen LogP contribution in [0.25, 0.3) is 40.1 Å². The lowest BCUT2D eigenvalue weighted by atomic mass is 9.67. The Balaban J connectivity index is 1.54. The fourth-order valence-corrected chi connectivity index (χ4v) is 7.66. The molecule has 3 aromatic carbocycles. The van der Waals surface area contributed by atoms with Crippen LogP contribution in [0.5, 0.6) is 0 Å². The zero-order chi connectivity index (χ0) is 25.1. The molecule has 0 aromatic heterocycles. The average Bonchev–Trinajstić information content (AvgIpc) is 3.00. The van der Waals surface area contributed by atoms with Gasteiger partial charge in [-0.2, -0.15) is 0 Å². The molecular formula is C38H32. The highest BCUT2D eigenvalue weighted by Gasteiger charge is 2.34. The summed E-state index contributed by atoms with van der Waals surface area (Å²) in [5, 5.41) is 8.64. The molecule has 2 atom stereocenters. The van der Waals surface area contributed by atoms with E-state index in [2.05, 4.69) is 109 Å². The molecule has 0 bridgehead atoms. The van der Waals surface area contributed by atoms with Gasteiger partial charge < -0.3 is 0 Å². The maximum atomic E-state index is 2.67. The lowest BCUT2D eigenvalue weighted by Gasteiger charge is -2.36. The normalized spacial score (nSPS) is 22.9.